The fourth-order valence-corrected chi connectivity index (χ4v) is 2.76. The monoisotopic (exact) mass is 211 g/mol. The Bertz CT molecular complexity index is 226. The SMILES string of the molecule is CNC(=O)N[C@H]1CCN(C2CCCC2)C1. The van der Waals surface area contributed by atoms with Crippen molar-refractivity contribution in [3.8, 4) is 0 Å². The lowest BCUT2D eigenvalue weighted by molar-refractivity contribution is 0.229. The molecule has 4 nitrogen and oxygen atoms in total. The number of carbonyl (C=O) groups is 1. The zero-order chi connectivity index (χ0) is 10.7. The van der Waals surface area contributed by atoms with Crippen LogP contribution in [0.5, 0.6) is 0 Å². The fraction of sp³-hybridized carbons (Fsp3) is 0.909. The Labute approximate surface area is 91.4 Å². The van der Waals surface area contributed by atoms with Crippen LogP contribution in [0.3, 0.4) is 0 Å². The van der Waals surface area contributed by atoms with Gasteiger partial charge in [-0.2, -0.15) is 0 Å². The maximum Gasteiger partial charge on any atom is 0.314 e. The summed E-state index contributed by atoms with van der Waals surface area (Å²) in [6.07, 6.45) is 6.58. The average molecular weight is 211 g/mol. The van der Waals surface area contributed by atoms with Crippen molar-refractivity contribution in [2.75, 3.05) is 20.1 Å². The number of carbonyl (C=O) groups excluding carboxylic acids is 1. The Balaban J connectivity index is 1.76. The smallest absolute Gasteiger partial charge is 0.314 e. The molecule has 1 saturated carbocycles. The summed E-state index contributed by atoms with van der Waals surface area (Å²) in [5.74, 6) is 0. The van der Waals surface area contributed by atoms with Gasteiger partial charge in [0.25, 0.3) is 0 Å². The Morgan fingerprint density at radius 1 is 1.27 bits per heavy atom. The third kappa shape index (κ3) is 2.62. The molecule has 0 aromatic heterocycles. The van der Waals surface area contributed by atoms with E-state index in [0.717, 1.165) is 25.6 Å². The second-order valence-corrected chi connectivity index (χ2v) is 4.64. The second kappa shape index (κ2) is 4.84. The minimum atomic E-state index is -0.0479. The first kappa shape index (κ1) is 10.7. The number of rotatable bonds is 2. The maximum atomic E-state index is 11.2. The average Bonchev–Trinajstić information content (AvgIpc) is 2.85. The van der Waals surface area contributed by atoms with Crippen LogP contribution in [0.4, 0.5) is 4.79 Å². The molecule has 1 aliphatic carbocycles. The molecular weight excluding hydrogens is 190 g/mol. The van der Waals surface area contributed by atoms with E-state index in [1.165, 1.54) is 25.7 Å². The summed E-state index contributed by atoms with van der Waals surface area (Å²) in [6.45, 7) is 2.19. The minimum absolute atomic E-state index is 0.0479. The van der Waals surface area contributed by atoms with Gasteiger partial charge in [0.05, 0.1) is 0 Å². The summed E-state index contributed by atoms with van der Waals surface area (Å²) < 4.78 is 0. The van der Waals surface area contributed by atoms with Crippen molar-refractivity contribution < 1.29 is 4.79 Å². The molecule has 0 radical (unpaired) electrons. The van der Waals surface area contributed by atoms with Gasteiger partial charge in [0.15, 0.2) is 0 Å². The van der Waals surface area contributed by atoms with Crippen molar-refractivity contribution in [1.29, 1.82) is 0 Å². The Morgan fingerprint density at radius 3 is 2.67 bits per heavy atom. The zero-order valence-corrected chi connectivity index (χ0v) is 9.46. The van der Waals surface area contributed by atoms with Gasteiger partial charge < -0.3 is 10.6 Å². The lowest BCUT2D eigenvalue weighted by atomic mass is 10.2. The van der Waals surface area contributed by atoms with Gasteiger partial charge in [0.2, 0.25) is 0 Å². The second-order valence-electron chi connectivity index (χ2n) is 4.64. The van der Waals surface area contributed by atoms with E-state index >= 15 is 0 Å². The van der Waals surface area contributed by atoms with Crippen LogP contribution in [0, 0.1) is 0 Å². The van der Waals surface area contributed by atoms with Gasteiger partial charge in [-0.1, -0.05) is 12.8 Å². The quantitative estimate of drug-likeness (QED) is 0.713. The molecule has 0 aromatic rings. The standard InChI is InChI=1S/C11H21N3O/c1-12-11(15)13-9-6-7-14(8-9)10-4-2-3-5-10/h9-10H,2-8H2,1H3,(H2,12,13,15)/t9-/m0/s1. The number of amides is 2. The van der Waals surface area contributed by atoms with Gasteiger partial charge in [0, 0.05) is 32.2 Å². The molecule has 1 heterocycles. The minimum Gasteiger partial charge on any atom is -0.341 e. The lowest BCUT2D eigenvalue weighted by Crippen LogP contribution is -2.42. The fourth-order valence-electron chi connectivity index (χ4n) is 2.76. The van der Waals surface area contributed by atoms with E-state index in [2.05, 4.69) is 15.5 Å². The molecule has 86 valence electrons. The van der Waals surface area contributed by atoms with Gasteiger partial charge in [-0.15, -0.1) is 0 Å². The van der Waals surface area contributed by atoms with Gasteiger partial charge in [0.1, 0.15) is 0 Å². The molecule has 2 N–H and O–H groups in total. The topological polar surface area (TPSA) is 44.4 Å². The Hall–Kier alpha value is -0.770. The summed E-state index contributed by atoms with van der Waals surface area (Å²) in [5, 5.41) is 5.60. The Morgan fingerprint density at radius 2 is 2.00 bits per heavy atom. The third-order valence-electron chi connectivity index (χ3n) is 3.62. The third-order valence-corrected chi connectivity index (χ3v) is 3.62. The Kier molecular flexibility index (Phi) is 3.46. The first-order valence-electron chi connectivity index (χ1n) is 6.02. The van der Waals surface area contributed by atoms with Crippen LogP contribution >= 0.6 is 0 Å². The lowest BCUT2D eigenvalue weighted by Gasteiger charge is -2.23. The largest absolute Gasteiger partial charge is 0.341 e. The highest BCUT2D eigenvalue weighted by atomic mass is 16.2. The van der Waals surface area contributed by atoms with Crippen molar-refractivity contribution in [1.82, 2.24) is 15.5 Å². The van der Waals surface area contributed by atoms with Crippen LogP contribution in [-0.2, 0) is 0 Å². The normalized spacial score (nSPS) is 28.2. The summed E-state index contributed by atoms with van der Waals surface area (Å²) in [5.41, 5.74) is 0. The van der Waals surface area contributed by atoms with E-state index in [-0.39, 0.29) is 6.03 Å². The number of nitrogens with one attached hydrogen (secondary N) is 2. The van der Waals surface area contributed by atoms with Crippen LogP contribution < -0.4 is 10.6 Å². The van der Waals surface area contributed by atoms with Crippen LogP contribution in [-0.4, -0.2) is 43.2 Å². The van der Waals surface area contributed by atoms with E-state index in [1.54, 1.807) is 7.05 Å². The maximum absolute atomic E-state index is 11.2. The van der Waals surface area contributed by atoms with E-state index < -0.39 is 0 Å². The van der Waals surface area contributed by atoms with E-state index in [4.69, 9.17) is 0 Å². The molecule has 15 heavy (non-hydrogen) atoms. The van der Waals surface area contributed by atoms with Crippen molar-refractivity contribution in [2.24, 2.45) is 0 Å². The molecule has 0 bridgehead atoms. The predicted molar refractivity (Wildman–Crippen MR) is 59.8 cm³/mol. The van der Waals surface area contributed by atoms with Gasteiger partial charge in [-0.25, -0.2) is 4.79 Å². The van der Waals surface area contributed by atoms with Crippen molar-refractivity contribution in [2.45, 2.75) is 44.2 Å². The first-order valence-corrected chi connectivity index (χ1v) is 6.02. The molecule has 4 heteroatoms. The summed E-state index contributed by atoms with van der Waals surface area (Å²) in [7, 11) is 1.67. The summed E-state index contributed by atoms with van der Waals surface area (Å²) in [6, 6.07) is 1.10. The number of nitrogens with zero attached hydrogens (tertiary/aromatic N) is 1. The number of likely N-dealkylation sites (tertiary alicyclic amines) is 1. The van der Waals surface area contributed by atoms with Crippen LogP contribution in [0.1, 0.15) is 32.1 Å². The number of hydrogen-bond donors (Lipinski definition) is 2. The van der Waals surface area contributed by atoms with Gasteiger partial charge >= 0.3 is 6.03 Å². The van der Waals surface area contributed by atoms with Crippen LogP contribution in [0.15, 0.2) is 0 Å². The summed E-state index contributed by atoms with van der Waals surface area (Å²) >= 11 is 0. The van der Waals surface area contributed by atoms with E-state index in [0.29, 0.717) is 6.04 Å². The number of urea groups is 1. The molecule has 0 aromatic carbocycles. The number of hydrogen-bond acceptors (Lipinski definition) is 2. The molecule has 1 saturated heterocycles. The van der Waals surface area contributed by atoms with Crippen LogP contribution in [0.25, 0.3) is 0 Å². The van der Waals surface area contributed by atoms with Gasteiger partial charge in [-0.05, 0) is 19.3 Å². The molecule has 1 aliphatic heterocycles. The molecule has 2 aliphatic rings. The van der Waals surface area contributed by atoms with Crippen molar-refractivity contribution >= 4 is 6.03 Å². The molecular formula is C11H21N3O. The molecule has 2 amide bonds. The highest BCUT2D eigenvalue weighted by Crippen LogP contribution is 2.26. The summed E-state index contributed by atoms with van der Waals surface area (Å²) in [4.78, 5) is 13.7. The zero-order valence-electron chi connectivity index (χ0n) is 9.46. The molecule has 2 fully saturated rings. The van der Waals surface area contributed by atoms with Gasteiger partial charge in [-0.3, -0.25) is 4.90 Å². The van der Waals surface area contributed by atoms with Crippen molar-refractivity contribution in [3.63, 3.8) is 0 Å². The highest BCUT2D eigenvalue weighted by molar-refractivity contribution is 5.73. The van der Waals surface area contributed by atoms with E-state index in [9.17, 15) is 4.79 Å². The van der Waals surface area contributed by atoms with Crippen LogP contribution in [0.2, 0.25) is 0 Å². The molecule has 1 atom stereocenters. The molecule has 0 spiro atoms. The predicted octanol–water partition coefficient (Wildman–Crippen LogP) is 0.932. The first-order chi connectivity index (χ1) is 7.29. The molecule has 2 rings (SSSR count). The van der Waals surface area contributed by atoms with Crippen molar-refractivity contribution in [3.05, 3.63) is 0 Å². The van der Waals surface area contributed by atoms with E-state index in [1.807, 2.05) is 0 Å². The molecule has 0 unspecified atom stereocenters. The highest BCUT2D eigenvalue weighted by Gasteiger charge is 2.30.